The number of fused-ring (bicyclic) bond motifs is 1. The van der Waals surface area contributed by atoms with Gasteiger partial charge in [0.1, 0.15) is 0 Å². The van der Waals surface area contributed by atoms with E-state index in [2.05, 4.69) is 15.5 Å². The summed E-state index contributed by atoms with van der Waals surface area (Å²) in [7, 11) is -0.586. The Morgan fingerprint density at radius 2 is 1.83 bits per heavy atom. The maximum absolute atomic E-state index is 12.3. The van der Waals surface area contributed by atoms with Gasteiger partial charge in [0, 0.05) is 30.7 Å². The van der Waals surface area contributed by atoms with Crippen LogP contribution in [-0.2, 0) is 10.0 Å². The van der Waals surface area contributed by atoms with Crippen molar-refractivity contribution in [2.24, 2.45) is 0 Å². The molecule has 0 unspecified atom stereocenters. The highest BCUT2D eigenvalue weighted by Gasteiger charge is 2.17. The molecule has 0 bridgehead atoms. The molecule has 3 rings (SSSR count). The van der Waals surface area contributed by atoms with E-state index in [-0.39, 0.29) is 10.8 Å². The molecule has 8 heteroatoms. The number of anilines is 1. The zero-order chi connectivity index (χ0) is 17.3. The summed E-state index contributed by atoms with van der Waals surface area (Å²) >= 11 is 0. The van der Waals surface area contributed by atoms with Gasteiger partial charge >= 0.3 is 0 Å². The molecule has 124 valence electrons. The van der Waals surface area contributed by atoms with Crippen LogP contribution in [0.2, 0.25) is 0 Å². The van der Waals surface area contributed by atoms with Gasteiger partial charge in [0.2, 0.25) is 10.0 Å². The van der Waals surface area contributed by atoms with Gasteiger partial charge in [-0.25, -0.2) is 12.7 Å². The van der Waals surface area contributed by atoms with Crippen molar-refractivity contribution in [3.8, 4) is 0 Å². The van der Waals surface area contributed by atoms with Crippen LogP contribution in [0.5, 0.6) is 0 Å². The second-order valence-corrected chi connectivity index (χ2v) is 7.59. The molecule has 0 aliphatic rings. The minimum Gasteiger partial charge on any atom is -0.322 e. The maximum Gasteiger partial charge on any atom is 0.255 e. The van der Waals surface area contributed by atoms with Gasteiger partial charge in [0.15, 0.2) is 0 Å². The number of carbonyl (C=O) groups excluding carboxylic acids is 1. The van der Waals surface area contributed by atoms with Crippen LogP contribution in [0.25, 0.3) is 10.9 Å². The third kappa shape index (κ3) is 3.01. The zero-order valence-electron chi connectivity index (χ0n) is 13.1. The fourth-order valence-corrected chi connectivity index (χ4v) is 3.11. The first-order valence-corrected chi connectivity index (χ1v) is 8.59. The van der Waals surface area contributed by atoms with Gasteiger partial charge in [0.25, 0.3) is 5.91 Å². The van der Waals surface area contributed by atoms with E-state index < -0.39 is 10.0 Å². The summed E-state index contributed by atoms with van der Waals surface area (Å²) in [4.78, 5) is 12.4. The molecular formula is C16H16N4O3S. The summed E-state index contributed by atoms with van der Waals surface area (Å²) in [5, 5.41) is 10.5. The molecular weight excluding hydrogens is 328 g/mol. The first-order chi connectivity index (χ1) is 11.4. The minimum absolute atomic E-state index is 0.142. The number of hydrogen-bond donors (Lipinski definition) is 2. The SMILES string of the molecule is CN(C)S(=O)(=O)c1ccc(C(=O)Nc2ccc3cn[nH]c3c2)cc1. The smallest absolute Gasteiger partial charge is 0.255 e. The van der Waals surface area contributed by atoms with Crippen LogP contribution in [0.15, 0.2) is 53.6 Å². The number of H-pyrrole nitrogens is 1. The highest BCUT2D eigenvalue weighted by molar-refractivity contribution is 7.89. The van der Waals surface area contributed by atoms with E-state index in [0.717, 1.165) is 15.2 Å². The predicted octanol–water partition coefficient (Wildman–Crippen LogP) is 2.07. The Morgan fingerprint density at radius 3 is 2.50 bits per heavy atom. The van der Waals surface area contributed by atoms with Crippen LogP contribution < -0.4 is 5.32 Å². The average Bonchev–Trinajstić information content (AvgIpc) is 3.02. The molecule has 1 heterocycles. The third-order valence-corrected chi connectivity index (χ3v) is 5.42. The highest BCUT2D eigenvalue weighted by Crippen LogP contribution is 2.18. The van der Waals surface area contributed by atoms with Crippen molar-refractivity contribution in [1.29, 1.82) is 0 Å². The number of aromatic amines is 1. The first-order valence-electron chi connectivity index (χ1n) is 7.15. The number of rotatable bonds is 4. The summed E-state index contributed by atoms with van der Waals surface area (Å²) in [6, 6.07) is 11.2. The highest BCUT2D eigenvalue weighted by atomic mass is 32.2. The van der Waals surface area contributed by atoms with Crippen molar-refractivity contribution < 1.29 is 13.2 Å². The lowest BCUT2D eigenvalue weighted by molar-refractivity contribution is 0.102. The molecule has 0 atom stereocenters. The van der Waals surface area contributed by atoms with E-state index in [1.807, 2.05) is 6.07 Å². The van der Waals surface area contributed by atoms with E-state index in [4.69, 9.17) is 0 Å². The molecule has 0 aliphatic carbocycles. The lowest BCUT2D eigenvalue weighted by Crippen LogP contribution is -2.22. The van der Waals surface area contributed by atoms with Crippen LogP contribution >= 0.6 is 0 Å². The Labute approximate surface area is 139 Å². The van der Waals surface area contributed by atoms with Crippen molar-refractivity contribution in [2.75, 3.05) is 19.4 Å². The van der Waals surface area contributed by atoms with Crippen molar-refractivity contribution >= 4 is 32.5 Å². The molecule has 0 fully saturated rings. The second kappa shape index (κ2) is 6.06. The number of carbonyl (C=O) groups is 1. The minimum atomic E-state index is -3.51. The van der Waals surface area contributed by atoms with Gasteiger partial charge in [0.05, 0.1) is 16.6 Å². The molecule has 24 heavy (non-hydrogen) atoms. The van der Waals surface area contributed by atoms with Gasteiger partial charge in [-0.2, -0.15) is 5.10 Å². The lowest BCUT2D eigenvalue weighted by Gasteiger charge is -2.11. The Morgan fingerprint density at radius 1 is 1.12 bits per heavy atom. The summed E-state index contributed by atoms with van der Waals surface area (Å²) in [5.41, 5.74) is 1.82. The van der Waals surface area contributed by atoms with E-state index >= 15 is 0 Å². The van der Waals surface area contributed by atoms with E-state index in [0.29, 0.717) is 11.3 Å². The van der Waals surface area contributed by atoms with E-state index in [1.165, 1.54) is 38.4 Å². The molecule has 1 amide bonds. The van der Waals surface area contributed by atoms with Gasteiger partial charge in [-0.1, -0.05) is 0 Å². The van der Waals surface area contributed by atoms with Gasteiger partial charge in [-0.3, -0.25) is 9.89 Å². The van der Waals surface area contributed by atoms with Crippen LogP contribution in [-0.4, -0.2) is 42.9 Å². The standard InChI is InChI=1S/C16H16N4O3S/c1-20(2)24(22,23)14-7-4-11(5-8-14)16(21)18-13-6-3-12-10-17-19-15(12)9-13/h3-10H,1-2H3,(H,17,19)(H,18,21). The fraction of sp³-hybridized carbons (Fsp3) is 0.125. The maximum atomic E-state index is 12.3. The largest absolute Gasteiger partial charge is 0.322 e. The lowest BCUT2D eigenvalue weighted by atomic mass is 10.2. The topological polar surface area (TPSA) is 95.2 Å². The Kier molecular flexibility index (Phi) is 4.08. The van der Waals surface area contributed by atoms with Gasteiger partial charge in [-0.15, -0.1) is 0 Å². The van der Waals surface area contributed by atoms with E-state index in [1.54, 1.807) is 18.3 Å². The summed E-state index contributed by atoms with van der Waals surface area (Å²) in [6.07, 6.45) is 1.70. The summed E-state index contributed by atoms with van der Waals surface area (Å²) in [6.45, 7) is 0. The van der Waals surface area contributed by atoms with Crippen LogP contribution in [0.4, 0.5) is 5.69 Å². The molecule has 2 aromatic carbocycles. The van der Waals surface area contributed by atoms with Crippen molar-refractivity contribution in [3.05, 3.63) is 54.2 Å². The number of hydrogen-bond acceptors (Lipinski definition) is 4. The monoisotopic (exact) mass is 344 g/mol. The normalized spacial score (nSPS) is 11.8. The second-order valence-electron chi connectivity index (χ2n) is 5.44. The Bertz CT molecular complexity index is 992. The van der Waals surface area contributed by atoms with E-state index in [9.17, 15) is 13.2 Å². The molecule has 0 spiro atoms. The predicted molar refractivity (Wildman–Crippen MR) is 91.4 cm³/mol. The van der Waals surface area contributed by atoms with Gasteiger partial charge < -0.3 is 5.32 Å². The molecule has 1 aromatic heterocycles. The molecule has 0 radical (unpaired) electrons. The molecule has 3 aromatic rings. The van der Waals surface area contributed by atoms with Crippen LogP contribution in [0.1, 0.15) is 10.4 Å². The quantitative estimate of drug-likeness (QED) is 0.757. The number of amides is 1. The Balaban J connectivity index is 1.80. The molecule has 7 nitrogen and oxygen atoms in total. The fourth-order valence-electron chi connectivity index (χ4n) is 2.21. The number of sulfonamides is 1. The van der Waals surface area contributed by atoms with Crippen molar-refractivity contribution in [3.63, 3.8) is 0 Å². The molecule has 0 saturated carbocycles. The summed E-state index contributed by atoms with van der Waals surface area (Å²) < 4.78 is 25.2. The number of nitrogens with one attached hydrogen (secondary N) is 2. The van der Waals surface area contributed by atoms with Crippen LogP contribution in [0.3, 0.4) is 0 Å². The number of nitrogens with zero attached hydrogens (tertiary/aromatic N) is 2. The number of aromatic nitrogens is 2. The summed E-state index contributed by atoms with van der Waals surface area (Å²) in [5.74, 6) is -0.317. The Hall–Kier alpha value is -2.71. The molecule has 2 N–H and O–H groups in total. The number of benzene rings is 2. The van der Waals surface area contributed by atoms with Gasteiger partial charge in [-0.05, 0) is 42.5 Å². The van der Waals surface area contributed by atoms with Crippen LogP contribution in [0, 0.1) is 0 Å². The van der Waals surface area contributed by atoms with Crippen molar-refractivity contribution in [2.45, 2.75) is 4.90 Å². The first kappa shape index (κ1) is 16.2. The zero-order valence-corrected chi connectivity index (χ0v) is 14.0. The molecule has 0 saturated heterocycles. The third-order valence-electron chi connectivity index (χ3n) is 3.59. The average molecular weight is 344 g/mol. The van der Waals surface area contributed by atoms with Crippen molar-refractivity contribution in [1.82, 2.24) is 14.5 Å². The molecule has 0 aliphatic heterocycles.